The van der Waals surface area contributed by atoms with Crippen molar-refractivity contribution in [1.29, 1.82) is 0 Å². The van der Waals surface area contributed by atoms with E-state index in [1.165, 1.54) is 7.05 Å². The highest BCUT2D eigenvalue weighted by Gasteiger charge is 2.37. The van der Waals surface area contributed by atoms with Crippen LogP contribution >= 0.6 is 0 Å². The second-order valence-electron chi connectivity index (χ2n) is 5.19. The molecular weight excluding hydrogens is 305 g/mol. The lowest BCUT2D eigenvalue weighted by atomic mass is 10.0. The van der Waals surface area contributed by atoms with Crippen LogP contribution in [0.1, 0.15) is 19.3 Å². The van der Waals surface area contributed by atoms with E-state index in [1.54, 1.807) is 0 Å². The van der Waals surface area contributed by atoms with Crippen molar-refractivity contribution in [3.8, 4) is 0 Å². The van der Waals surface area contributed by atoms with Gasteiger partial charge in [-0.25, -0.2) is 21.6 Å². The molecular formula is C13H17F3N2O2S. The summed E-state index contributed by atoms with van der Waals surface area (Å²) >= 11 is 0. The van der Waals surface area contributed by atoms with Gasteiger partial charge in [0.15, 0.2) is 17.5 Å². The van der Waals surface area contributed by atoms with Gasteiger partial charge in [-0.3, -0.25) is 0 Å². The maximum atomic E-state index is 13.7. The smallest absolute Gasteiger partial charge is 0.246 e. The van der Waals surface area contributed by atoms with Crippen molar-refractivity contribution in [2.45, 2.75) is 30.2 Å². The maximum absolute atomic E-state index is 13.7. The van der Waals surface area contributed by atoms with Crippen LogP contribution in [-0.2, 0) is 10.0 Å². The number of rotatable bonds is 4. The van der Waals surface area contributed by atoms with Crippen molar-refractivity contribution in [2.75, 3.05) is 13.6 Å². The molecule has 0 amide bonds. The molecule has 1 saturated carbocycles. The molecule has 8 heteroatoms. The third kappa shape index (κ3) is 2.79. The summed E-state index contributed by atoms with van der Waals surface area (Å²) in [5.41, 5.74) is 5.61. The van der Waals surface area contributed by atoms with E-state index in [0.717, 1.165) is 23.2 Å². The van der Waals surface area contributed by atoms with E-state index in [0.29, 0.717) is 19.0 Å². The Hall–Kier alpha value is -1.12. The van der Waals surface area contributed by atoms with Crippen LogP contribution in [0.15, 0.2) is 17.0 Å². The van der Waals surface area contributed by atoms with Gasteiger partial charge in [-0.2, -0.15) is 4.31 Å². The summed E-state index contributed by atoms with van der Waals surface area (Å²) < 4.78 is 65.8. The molecule has 118 valence electrons. The van der Waals surface area contributed by atoms with Crippen LogP contribution in [0, 0.1) is 23.4 Å². The van der Waals surface area contributed by atoms with Crippen LogP contribution in [0.5, 0.6) is 0 Å². The van der Waals surface area contributed by atoms with Gasteiger partial charge in [0.2, 0.25) is 10.0 Å². The number of nitrogens with two attached hydrogens (primary N) is 1. The van der Waals surface area contributed by atoms with Crippen molar-refractivity contribution >= 4 is 10.0 Å². The van der Waals surface area contributed by atoms with Gasteiger partial charge >= 0.3 is 0 Å². The Morgan fingerprint density at radius 1 is 1.24 bits per heavy atom. The monoisotopic (exact) mass is 322 g/mol. The second-order valence-corrected chi connectivity index (χ2v) is 7.15. The largest absolute Gasteiger partial charge is 0.330 e. The molecule has 0 spiro atoms. The van der Waals surface area contributed by atoms with Crippen molar-refractivity contribution in [1.82, 2.24) is 4.31 Å². The van der Waals surface area contributed by atoms with Gasteiger partial charge in [0.1, 0.15) is 4.90 Å². The summed E-state index contributed by atoms with van der Waals surface area (Å²) in [6, 6.07) is 0.993. The van der Waals surface area contributed by atoms with E-state index in [4.69, 9.17) is 5.73 Å². The first-order valence-corrected chi connectivity index (χ1v) is 8.06. The zero-order valence-electron chi connectivity index (χ0n) is 11.5. The quantitative estimate of drug-likeness (QED) is 0.861. The van der Waals surface area contributed by atoms with Gasteiger partial charge in [-0.1, -0.05) is 6.42 Å². The summed E-state index contributed by atoms with van der Waals surface area (Å²) in [4.78, 5) is -0.855. The molecule has 0 bridgehead atoms. The summed E-state index contributed by atoms with van der Waals surface area (Å²) in [6.45, 7) is 0.324. The molecule has 1 aromatic carbocycles. The van der Waals surface area contributed by atoms with Crippen LogP contribution in [0.3, 0.4) is 0 Å². The van der Waals surface area contributed by atoms with Crippen LogP contribution in [0.25, 0.3) is 0 Å². The van der Waals surface area contributed by atoms with Crippen molar-refractivity contribution in [3.63, 3.8) is 0 Å². The summed E-state index contributed by atoms with van der Waals surface area (Å²) in [7, 11) is -2.93. The molecule has 4 nitrogen and oxygen atoms in total. The van der Waals surface area contributed by atoms with Crippen LogP contribution in [0.4, 0.5) is 13.2 Å². The van der Waals surface area contributed by atoms with Gasteiger partial charge in [0.25, 0.3) is 0 Å². The third-order valence-corrected chi connectivity index (χ3v) is 5.95. The molecule has 1 aromatic rings. The molecule has 2 rings (SSSR count). The highest BCUT2D eigenvalue weighted by molar-refractivity contribution is 7.89. The first-order valence-electron chi connectivity index (χ1n) is 6.62. The van der Waals surface area contributed by atoms with Gasteiger partial charge in [-0.05, 0) is 37.4 Å². The Balaban J connectivity index is 2.40. The molecule has 1 aliphatic carbocycles. The van der Waals surface area contributed by atoms with Gasteiger partial charge in [0, 0.05) is 13.1 Å². The third-order valence-electron chi connectivity index (χ3n) is 4.05. The first kappa shape index (κ1) is 16.3. The SMILES string of the molecule is CN(C1CCCC1CN)S(=O)(=O)c1ccc(F)c(F)c1F. The fraction of sp³-hybridized carbons (Fsp3) is 0.538. The predicted octanol–water partition coefficient (Wildman–Crippen LogP) is 1.85. The lowest BCUT2D eigenvalue weighted by Crippen LogP contribution is -2.41. The molecule has 1 aliphatic rings. The highest BCUT2D eigenvalue weighted by Crippen LogP contribution is 2.32. The highest BCUT2D eigenvalue weighted by atomic mass is 32.2. The molecule has 0 saturated heterocycles. The molecule has 21 heavy (non-hydrogen) atoms. The molecule has 2 atom stereocenters. The summed E-state index contributed by atoms with van der Waals surface area (Å²) in [5, 5.41) is 0. The van der Waals surface area contributed by atoms with E-state index < -0.39 is 32.4 Å². The summed E-state index contributed by atoms with van der Waals surface area (Å²) in [5.74, 6) is -4.91. The first-order chi connectivity index (χ1) is 9.80. The van der Waals surface area contributed by atoms with Gasteiger partial charge in [0.05, 0.1) is 0 Å². The Labute approximate surface area is 121 Å². The molecule has 2 N–H and O–H groups in total. The van der Waals surface area contributed by atoms with Crippen LogP contribution in [0.2, 0.25) is 0 Å². The van der Waals surface area contributed by atoms with Crippen LogP contribution < -0.4 is 5.73 Å². The predicted molar refractivity (Wildman–Crippen MR) is 71.4 cm³/mol. The molecule has 0 radical (unpaired) electrons. The molecule has 0 aromatic heterocycles. The Kier molecular flexibility index (Phi) is 4.60. The normalized spacial score (nSPS) is 23.0. The molecule has 2 unspecified atom stereocenters. The van der Waals surface area contributed by atoms with E-state index in [9.17, 15) is 21.6 Å². The van der Waals surface area contributed by atoms with E-state index in [-0.39, 0.29) is 12.0 Å². The minimum Gasteiger partial charge on any atom is -0.330 e. The molecule has 1 fully saturated rings. The topological polar surface area (TPSA) is 63.4 Å². The molecule has 0 heterocycles. The second kappa shape index (κ2) is 5.94. The fourth-order valence-corrected chi connectivity index (χ4v) is 4.31. The number of hydrogen-bond acceptors (Lipinski definition) is 3. The number of benzene rings is 1. The van der Waals surface area contributed by atoms with Crippen molar-refractivity contribution < 1.29 is 21.6 Å². The lowest BCUT2D eigenvalue weighted by Gasteiger charge is -2.28. The number of sulfonamides is 1. The molecule has 0 aliphatic heterocycles. The van der Waals surface area contributed by atoms with E-state index in [2.05, 4.69) is 0 Å². The van der Waals surface area contributed by atoms with E-state index >= 15 is 0 Å². The number of nitrogens with zero attached hydrogens (tertiary/aromatic N) is 1. The Morgan fingerprint density at radius 3 is 2.52 bits per heavy atom. The van der Waals surface area contributed by atoms with E-state index in [1.807, 2.05) is 0 Å². The fourth-order valence-electron chi connectivity index (χ4n) is 2.81. The van der Waals surface area contributed by atoms with Crippen LogP contribution in [-0.4, -0.2) is 32.4 Å². The Bertz CT molecular complexity index is 637. The Morgan fingerprint density at radius 2 is 1.90 bits per heavy atom. The standard InChI is InChI=1S/C13H17F3N2O2S/c1-18(10-4-2-3-8(10)7-17)21(19,20)11-6-5-9(14)12(15)13(11)16/h5-6,8,10H,2-4,7,17H2,1H3. The average molecular weight is 322 g/mol. The zero-order valence-corrected chi connectivity index (χ0v) is 12.3. The average Bonchev–Trinajstić information content (AvgIpc) is 2.91. The zero-order chi connectivity index (χ0) is 15.8. The minimum atomic E-state index is -4.24. The minimum absolute atomic E-state index is 0.0156. The maximum Gasteiger partial charge on any atom is 0.246 e. The lowest BCUT2D eigenvalue weighted by molar-refractivity contribution is 0.302. The summed E-state index contributed by atoms with van der Waals surface area (Å²) in [6.07, 6.45) is 2.23. The van der Waals surface area contributed by atoms with Crippen molar-refractivity contribution in [3.05, 3.63) is 29.6 Å². The van der Waals surface area contributed by atoms with Gasteiger partial charge < -0.3 is 5.73 Å². The number of hydrogen-bond donors (Lipinski definition) is 1. The number of halogens is 3. The van der Waals surface area contributed by atoms with Gasteiger partial charge in [-0.15, -0.1) is 0 Å². The van der Waals surface area contributed by atoms with Crippen molar-refractivity contribution in [2.24, 2.45) is 11.7 Å².